The fourth-order valence-electron chi connectivity index (χ4n) is 2.77. The van der Waals surface area contributed by atoms with Gasteiger partial charge >= 0.3 is 0 Å². The van der Waals surface area contributed by atoms with Crippen LogP contribution in [0.15, 0.2) is 12.3 Å². The van der Waals surface area contributed by atoms with Crippen LogP contribution in [0.3, 0.4) is 0 Å². The third-order valence-corrected chi connectivity index (χ3v) is 14.5. The van der Waals surface area contributed by atoms with Gasteiger partial charge in [0.15, 0.2) is 6.79 Å². The maximum Gasteiger partial charge on any atom is 0.188 e. The van der Waals surface area contributed by atoms with Crippen molar-refractivity contribution in [3.8, 4) is 0 Å². The van der Waals surface area contributed by atoms with Crippen LogP contribution in [0.1, 0.15) is 33.6 Å². The van der Waals surface area contributed by atoms with Crippen molar-refractivity contribution in [2.24, 2.45) is 0 Å². The summed E-state index contributed by atoms with van der Waals surface area (Å²) >= 11 is 4.34. The Hall–Kier alpha value is 0.550. The maximum atomic E-state index is 5.62. The summed E-state index contributed by atoms with van der Waals surface area (Å²) in [4.78, 5) is 0. The highest BCUT2D eigenvalue weighted by Crippen LogP contribution is 2.71. The standard InChI is InChI=1S/C15H30O2S3/c1-6-20(7-2,8-3)15(18-10-9-11-19-15)12-14(4)17-13-16-5/h4,6-13H2,1-3,5H3. The molecule has 120 valence electrons. The lowest BCUT2D eigenvalue weighted by Crippen LogP contribution is -2.36. The third-order valence-electron chi connectivity index (χ3n) is 4.04. The zero-order valence-corrected chi connectivity index (χ0v) is 15.9. The minimum absolute atomic E-state index is 0.300. The largest absolute Gasteiger partial charge is 0.472 e. The molecule has 1 aliphatic rings. The molecule has 0 aromatic carbocycles. The lowest BCUT2D eigenvalue weighted by atomic mass is 10.4. The molecule has 0 spiro atoms. The SMILES string of the molecule is C=C(CC1(S(CC)(CC)CC)SCCCS1)OCOC. The number of ether oxygens (including phenoxy) is 2. The zero-order valence-electron chi connectivity index (χ0n) is 13.4. The Labute approximate surface area is 135 Å². The highest BCUT2D eigenvalue weighted by molar-refractivity contribution is 8.49. The van der Waals surface area contributed by atoms with Crippen molar-refractivity contribution >= 4 is 33.6 Å². The van der Waals surface area contributed by atoms with Crippen molar-refractivity contribution in [3.05, 3.63) is 12.3 Å². The van der Waals surface area contributed by atoms with Gasteiger partial charge in [0.05, 0.1) is 9.17 Å². The van der Waals surface area contributed by atoms with E-state index in [0.717, 1.165) is 12.2 Å². The lowest BCUT2D eigenvalue weighted by molar-refractivity contribution is 0.00335. The summed E-state index contributed by atoms with van der Waals surface area (Å²) in [5.41, 5.74) is 0. The van der Waals surface area contributed by atoms with Gasteiger partial charge in [-0.2, -0.15) is 0 Å². The summed E-state index contributed by atoms with van der Waals surface area (Å²) in [5.74, 6) is 7.35. The van der Waals surface area contributed by atoms with Gasteiger partial charge in [-0.1, -0.05) is 27.4 Å². The molecule has 0 atom stereocenters. The predicted octanol–water partition coefficient (Wildman–Crippen LogP) is 4.90. The van der Waals surface area contributed by atoms with Gasteiger partial charge in [0.1, 0.15) is 0 Å². The molecule has 0 unspecified atom stereocenters. The molecular formula is C15H30O2S3. The average Bonchev–Trinajstić information content (AvgIpc) is 2.48. The van der Waals surface area contributed by atoms with E-state index in [1.54, 1.807) is 7.11 Å². The van der Waals surface area contributed by atoms with Crippen LogP contribution in [0.25, 0.3) is 0 Å². The normalized spacial score (nSPS) is 19.6. The Morgan fingerprint density at radius 1 is 1.15 bits per heavy atom. The topological polar surface area (TPSA) is 18.5 Å². The molecule has 0 N–H and O–H groups in total. The van der Waals surface area contributed by atoms with Gasteiger partial charge in [-0.25, -0.2) is 10.0 Å². The van der Waals surface area contributed by atoms with E-state index in [2.05, 4.69) is 50.9 Å². The van der Waals surface area contributed by atoms with E-state index in [1.807, 2.05) is 0 Å². The Morgan fingerprint density at radius 3 is 2.15 bits per heavy atom. The summed E-state index contributed by atoms with van der Waals surface area (Å²) < 4.78 is 10.9. The first-order valence-corrected chi connectivity index (χ1v) is 11.5. The second-order valence-electron chi connectivity index (χ2n) is 4.91. The van der Waals surface area contributed by atoms with Gasteiger partial charge in [0.25, 0.3) is 0 Å². The van der Waals surface area contributed by atoms with Crippen LogP contribution < -0.4 is 0 Å². The summed E-state index contributed by atoms with van der Waals surface area (Å²) in [6.45, 7) is 11.6. The van der Waals surface area contributed by atoms with Crippen LogP contribution >= 0.6 is 33.6 Å². The minimum Gasteiger partial charge on any atom is -0.472 e. The monoisotopic (exact) mass is 338 g/mol. The highest BCUT2D eigenvalue weighted by atomic mass is 32.3. The Morgan fingerprint density at radius 2 is 1.70 bits per heavy atom. The number of hydrogen-bond donors (Lipinski definition) is 0. The van der Waals surface area contributed by atoms with Gasteiger partial charge in [-0.05, 0) is 35.2 Å². The van der Waals surface area contributed by atoms with E-state index < -0.39 is 10.0 Å². The lowest BCUT2D eigenvalue weighted by Gasteiger charge is -2.55. The van der Waals surface area contributed by atoms with Crippen molar-refractivity contribution in [3.63, 3.8) is 0 Å². The maximum absolute atomic E-state index is 5.62. The fraction of sp³-hybridized carbons (Fsp3) is 0.867. The molecule has 1 fully saturated rings. The number of thioether (sulfide) groups is 2. The molecule has 0 radical (unpaired) electrons. The number of rotatable bonds is 9. The van der Waals surface area contributed by atoms with Crippen molar-refractivity contribution < 1.29 is 9.47 Å². The zero-order chi connectivity index (χ0) is 15.1. The van der Waals surface area contributed by atoms with Crippen LogP contribution in [0.5, 0.6) is 0 Å². The van der Waals surface area contributed by atoms with Crippen LogP contribution in [-0.2, 0) is 9.47 Å². The third kappa shape index (κ3) is 4.05. The Bertz CT molecular complexity index is 289. The summed E-state index contributed by atoms with van der Waals surface area (Å²) in [7, 11) is 1.01. The second-order valence-corrected chi connectivity index (χ2v) is 13.0. The van der Waals surface area contributed by atoms with E-state index in [-0.39, 0.29) is 0 Å². The van der Waals surface area contributed by atoms with E-state index in [9.17, 15) is 0 Å². The number of allylic oxidation sites excluding steroid dienone is 1. The molecule has 2 nitrogen and oxygen atoms in total. The summed E-state index contributed by atoms with van der Waals surface area (Å²) in [5, 5.41) is 0. The van der Waals surface area contributed by atoms with Gasteiger partial charge in [0, 0.05) is 13.5 Å². The molecule has 1 heterocycles. The molecule has 0 aromatic heterocycles. The Balaban J connectivity index is 2.93. The highest BCUT2D eigenvalue weighted by Gasteiger charge is 2.47. The predicted molar refractivity (Wildman–Crippen MR) is 98.2 cm³/mol. The quantitative estimate of drug-likeness (QED) is 0.439. The first-order valence-electron chi connectivity index (χ1n) is 7.43. The molecule has 20 heavy (non-hydrogen) atoms. The van der Waals surface area contributed by atoms with Gasteiger partial charge < -0.3 is 9.47 Å². The molecule has 1 saturated heterocycles. The molecule has 0 aromatic rings. The number of hydrogen-bond acceptors (Lipinski definition) is 4. The molecule has 1 aliphatic heterocycles. The fourth-order valence-corrected chi connectivity index (χ4v) is 13.1. The average molecular weight is 339 g/mol. The van der Waals surface area contributed by atoms with Crippen molar-refractivity contribution in [2.75, 3.05) is 42.7 Å². The second kappa shape index (κ2) is 8.86. The van der Waals surface area contributed by atoms with E-state index in [1.165, 1.54) is 35.2 Å². The molecular weight excluding hydrogens is 308 g/mol. The molecule has 0 aliphatic carbocycles. The van der Waals surface area contributed by atoms with Gasteiger partial charge in [-0.3, -0.25) is 0 Å². The van der Waals surface area contributed by atoms with E-state index >= 15 is 0 Å². The van der Waals surface area contributed by atoms with Crippen LogP contribution in [0.4, 0.5) is 0 Å². The van der Waals surface area contributed by atoms with Crippen LogP contribution in [0.2, 0.25) is 0 Å². The van der Waals surface area contributed by atoms with E-state index in [4.69, 9.17) is 9.47 Å². The first-order chi connectivity index (χ1) is 9.59. The smallest absolute Gasteiger partial charge is 0.188 e. The summed E-state index contributed by atoms with van der Waals surface area (Å²) in [6.07, 6.45) is 2.30. The van der Waals surface area contributed by atoms with E-state index in [0.29, 0.717) is 10.2 Å². The van der Waals surface area contributed by atoms with Crippen molar-refractivity contribution in [1.29, 1.82) is 0 Å². The molecule has 0 saturated carbocycles. The first kappa shape index (κ1) is 18.6. The van der Waals surface area contributed by atoms with Crippen molar-refractivity contribution in [1.82, 2.24) is 0 Å². The molecule has 0 bridgehead atoms. The minimum atomic E-state index is -0.649. The molecule has 5 heteroatoms. The molecule has 0 amide bonds. The Kier molecular flexibility index (Phi) is 8.24. The van der Waals surface area contributed by atoms with Crippen LogP contribution in [0, 0.1) is 0 Å². The van der Waals surface area contributed by atoms with Crippen molar-refractivity contribution in [2.45, 2.75) is 37.0 Å². The summed E-state index contributed by atoms with van der Waals surface area (Å²) in [6, 6.07) is 0. The number of methoxy groups -OCH3 is 1. The van der Waals surface area contributed by atoms with Gasteiger partial charge in [-0.15, -0.1) is 23.5 Å². The molecule has 1 rings (SSSR count). The van der Waals surface area contributed by atoms with Crippen LogP contribution in [-0.4, -0.2) is 46.1 Å². The van der Waals surface area contributed by atoms with Gasteiger partial charge in [0.2, 0.25) is 0 Å².